The number of amides is 2. The first-order chi connectivity index (χ1) is 8.77. The number of hydrogen-bond acceptors (Lipinski definition) is 3. The number of benzene rings is 1. The minimum Gasteiger partial charge on any atom is -0.399 e. The molecule has 1 unspecified atom stereocenters. The largest absolute Gasteiger partial charge is 0.399 e. The van der Waals surface area contributed by atoms with Crippen molar-refractivity contribution in [3.05, 3.63) is 29.8 Å². The van der Waals surface area contributed by atoms with Crippen LogP contribution in [0.5, 0.6) is 0 Å². The normalized spacial score (nSPS) is 24.2. The van der Waals surface area contributed by atoms with Crippen molar-refractivity contribution in [2.24, 2.45) is 0 Å². The molecule has 2 amide bonds. The summed E-state index contributed by atoms with van der Waals surface area (Å²) in [6.45, 7) is 0.693. The smallest absolute Gasteiger partial charge is 0.263 e. The molecule has 1 aliphatic heterocycles. The van der Waals surface area contributed by atoms with Crippen molar-refractivity contribution in [3.63, 3.8) is 0 Å². The Balaban J connectivity index is 2.56. The van der Waals surface area contributed by atoms with Crippen LogP contribution in [0, 0.1) is 0 Å². The molecule has 1 aromatic carbocycles. The maximum absolute atomic E-state index is 14.0. The van der Waals surface area contributed by atoms with Crippen LogP contribution in [-0.4, -0.2) is 17.7 Å². The molecule has 1 fully saturated rings. The lowest BCUT2D eigenvalue weighted by atomic mass is 9.69. The monoisotopic (exact) mass is 268 g/mol. The van der Waals surface area contributed by atoms with Crippen molar-refractivity contribution in [1.82, 2.24) is 5.32 Å². The maximum Gasteiger partial charge on any atom is 0.263 e. The number of carbonyl (C=O) groups excluding carboxylic acids is 2. The topological polar surface area (TPSA) is 72.2 Å². The van der Waals surface area contributed by atoms with E-state index < -0.39 is 23.2 Å². The van der Waals surface area contributed by atoms with E-state index in [1.165, 1.54) is 24.3 Å². The van der Waals surface area contributed by atoms with E-state index in [1.54, 1.807) is 0 Å². The zero-order valence-corrected chi connectivity index (χ0v) is 10.4. The zero-order valence-electron chi connectivity index (χ0n) is 10.4. The van der Waals surface area contributed by atoms with E-state index in [4.69, 9.17) is 5.73 Å². The zero-order chi connectivity index (χ0) is 14.3. The first kappa shape index (κ1) is 13.5. The van der Waals surface area contributed by atoms with Crippen molar-refractivity contribution >= 4 is 17.5 Å². The van der Waals surface area contributed by atoms with Gasteiger partial charge in [0.05, 0.1) is 0 Å². The molecular formula is C13H14F2N2O2. The average Bonchev–Trinajstić information content (AvgIpc) is 2.29. The fourth-order valence-corrected chi connectivity index (χ4v) is 2.43. The van der Waals surface area contributed by atoms with Crippen LogP contribution in [0.15, 0.2) is 24.3 Å². The second kappa shape index (κ2) is 4.29. The SMILES string of the molecule is CC(F)(F)C1(c2ccc(N)cc2)CCC(=O)NC1=O. The summed E-state index contributed by atoms with van der Waals surface area (Å²) in [4.78, 5) is 23.2. The Morgan fingerprint density at radius 2 is 1.84 bits per heavy atom. The summed E-state index contributed by atoms with van der Waals surface area (Å²) in [7, 11) is 0. The molecule has 0 spiro atoms. The van der Waals surface area contributed by atoms with E-state index in [0.717, 1.165) is 0 Å². The quantitative estimate of drug-likeness (QED) is 0.632. The van der Waals surface area contributed by atoms with Crippen LogP contribution in [-0.2, 0) is 15.0 Å². The average molecular weight is 268 g/mol. The van der Waals surface area contributed by atoms with Crippen LogP contribution < -0.4 is 11.1 Å². The van der Waals surface area contributed by atoms with Crippen molar-refractivity contribution in [3.8, 4) is 0 Å². The van der Waals surface area contributed by atoms with Gasteiger partial charge < -0.3 is 5.73 Å². The van der Waals surface area contributed by atoms with Gasteiger partial charge in [0.15, 0.2) is 0 Å². The van der Waals surface area contributed by atoms with Crippen molar-refractivity contribution in [2.45, 2.75) is 31.1 Å². The number of imide groups is 1. The summed E-state index contributed by atoms with van der Waals surface area (Å²) in [5.41, 5.74) is 4.09. The molecule has 102 valence electrons. The van der Waals surface area contributed by atoms with Crippen LogP contribution in [0.1, 0.15) is 25.3 Å². The van der Waals surface area contributed by atoms with Gasteiger partial charge >= 0.3 is 0 Å². The Kier molecular flexibility index (Phi) is 3.04. The van der Waals surface area contributed by atoms with Gasteiger partial charge in [0, 0.05) is 19.0 Å². The summed E-state index contributed by atoms with van der Waals surface area (Å²) < 4.78 is 28.0. The first-order valence-electron chi connectivity index (χ1n) is 5.85. The molecule has 0 radical (unpaired) electrons. The van der Waals surface area contributed by atoms with E-state index in [-0.39, 0.29) is 18.4 Å². The lowest BCUT2D eigenvalue weighted by Gasteiger charge is -2.40. The first-order valence-corrected chi connectivity index (χ1v) is 5.85. The number of rotatable bonds is 2. The lowest BCUT2D eigenvalue weighted by molar-refractivity contribution is -0.152. The third-order valence-electron chi connectivity index (χ3n) is 3.52. The highest BCUT2D eigenvalue weighted by atomic mass is 19.3. The molecule has 1 aliphatic rings. The number of piperidine rings is 1. The molecule has 3 N–H and O–H groups in total. The molecule has 2 rings (SSSR count). The van der Waals surface area contributed by atoms with Crippen molar-refractivity contribution in [2.75, 3.05) is 5.73 Å². The summed E-state index contributed by atoms with van der Waals surface area (Å²) in [5, 5.41) is 2.00. The van der Waals surface area contributed by atoms with E-state index in [0.29, 0.717) is 12.6 Å². The number of halogens is 2. The van der Waals surface area contributed by atoms with Crippen molar-refractivity contribution < 1.29 is 18.4 Å². The van der Waals surface area contributed by atoms with Gasteiger partial charge in [-0.05, 0) is 24.1 Å². The minimum absolute atomic E-state index is 0.112. The molecule has 0 aliphatic carbocycles. The molecule has 1 saturated heterocycles. The van der Waals surface area contributed by atoms with Gasteiger partial charge in [0.1, 0.15) is 5.41 Å². The summed E-state index contributed by atoms with van der Waals surface area (Å²) in [6.07, 6.45) is -0.329. The number of hydrogen-bond donors (Lipinski definition) is 2. The fourth-order valence-electron chi connectivity index (χ4n) is 2.43. The van der Waals surface area contributed by atoms with Gasteiger partial charge in [0.25, 0.3) is 5.92 Å². The van der Waals surface area contributed by atoms with E-state index in [1.807, 2.05) is 5.32 Å². The highest BCUT2D eigenvalue weighted by Crippen LogP contribution is 2.45. The second-order valence-corrected chi connectivity index (χ2v) is 4.79. The molecular weight excluding hydrogens is 254 g/mol. The van der Waals surface area contributed by atoms with Crippen LogP contribution in [0.3, 0.4) is 0 Å². The molecule has 0 saturated carbocycles. The summed E-state index contributed by atoms with van der Waals surface area (Å²) in [5.74, 6) is -4.77. The molecule has 1 atom stereocenters. The van der Waals surface area contributed by atoms with E-state index in [2.05, 4.69) is 0 Å². The fraction of sp³-hybridized carbons (Fsp3) is 0.385. The molecule has 0 aromatic heterocycles. The number of alkyl halides is 2. The molecule has 6 heteroatoms. The highest BCUT2D eigenvalue weighted by Gasteiger charge is 2.58. The maximum atomic E-state index is 14.0. The molecule has 19 heavy (non-hydrogen) atoms. The number of nitrogen functional groups attached to an aromatic ring is 1. The Labute approximate surface area is 109 Å². The van der Waals surface area contributed by atoms with E-state index >= 15 is 0 Å². The third-order valence-corrected chi connectivity index (χ3v) is 3.52. The molecule has 1 heterocycles. The van der Waals surface area contributed by atoms with Gasteiger partial charge in [-0.25, -0.2) is 8.78 Å². The minimum atomic E-state index is -3.28. The lowest BCUT2D eigenvalue weighted by Crippen LogP contribution is -2.59. The Morgan fingerprint density at radius 3 is 2.32 bits per heavy atom. The van der Waals surface area contributed by atoms with Gasteiger partial charge in [-0.2, -0.15) is 0 Å². The summed E-state index contributed by atoms with van der Waals surface area (Å²) >= 11 is 0. The number of nitrogens with two attached hydrogens (primary N) is 1. The number of anilines is 1. The summed E-state index contributed by atoms with van der Waals surface area (Å²) in [6, 6.07) is 5.74. The third kappa shape index (κ3) is 2.07. The number of carbonyl (C=O) groups is 2. The predicted octanol–water partition coefficient (Wildman–Crippen LogP) is 1.60. The number of nitrogens with one attached hydrogen (secondary N) is 1. The van der Waals surface area contributed by atoms with Gasteiger partial charge in [-0.1, -0.05) is 12.1 Å². The highest BCUT2D eigenvalue weighted by molar-refractivity contribution is 6.04. The Hall–Kier alpha value is -1.98. The standard InChI is InChI=1S/C13H14F2N2O2/c1-12(14,15)13(7-6-10(18)17-11(13)19)8-2-4-9(16)5-3-8/h2-5H,6-7,16H2,1H3,(H,17,18,19). The van der Waals surface area contributed by atoms with Crippen LogP contribution in [0.2, 0.25) is 0 Å². The Bertz CT molecular complexity index is 522. The molecule has 1 aromatic rings. The second-order valence-electron chi connectivity index (χ2n) is 4.79. The van der Waals surface area contributed by atoms with Gasteiger partial charge in [-0.15, -0.1) is 0 Å². The Morgan fingerprint density at radius 1 is 1.26 bits per heavy atom. The van der Waals surface area contributed by atoms with Crippen LogP contribution >= 0.6 is 0 Å². The molecule has 4 nitrogen and oxygen atoms in total. The van der Waals surface area contributed by atoms with Crippen LogP contribution in [0.25, 0.3) is 0 Å². The van der Waals surface area contributed by atoms with Crippen LogP contribution in [0.4, 0.5) is 14.5 Å². The van der Waals surface area contributed by atoms with Gasteiger partial charge in [-0.3, -0.25) is 14.9 Å². The predicted molar refractivity (Wildman–Crippen MR) is 65.5 cm³/mol. The van der Waals surface area contributed by atoms with E-state index in [9.17, 15) is 18.4 Å². The van der Waals surface area contributed by atoms with Gasteiger partial charge in [0.2, 0.25) is 11.8 Å². The van der Waals surface area contributed by atoms with Crippen molar-refractivity contribution in [1.29, 1.82) is 0 Å². The molecule has 0 bridgehead atoms.